The van der Waals surface area contributed by atoms with Crippen LogP contribution in [-0.2, 0) is 17.6 Å². The molecule has 0 aliphatic heterocycles. The van der Waals surface area contributed by atoms with Crippen LogP contribution in [-0.4, -0.2) is 16.2 Å². The third kappa shape index (κ3) is 6.00. The van der Waals surface area contributed by atoms with Crippen LogP contribution in [0.4, 0.5) is 0 Å². The summed E-state index contributed by atoms with van der Waals surface area (Å²) in [5.74, 6) is -0.728. The number of hydrogen-bond acceptors (Lipinski definition) is 2. The van der Waals surface area contributed by atoms with E-state index in [0.717, 1.165) is 22.8 Å². The lowest BCUT2D eigenvalue weighted by Gasteiger charge is -2.10. The van der Waals surface area contributed by atoms with Gasteiger partial charge >= 0.3 is 5.97 Å². The highest BCUT2D eigenvalue weighted by atomic mass is 16.4. The van der Waals surface area contributed by atoms with E-state index in [1.807, 2.05) is 39.8 Å². The maximum absolute atomic E-state index is 10.8. The van der Waals surface area contributed by atoms with Crippen molar-refractivity contribution >= 4 is 12.0 Å². The zero-order valence-corrected chi connectivity index (χ0v) is 13.7. The topological polar surface area (TPSA) is 57.5 Å². The first-order valence-electron chi connectivity index (χ1n) is 7.32. The Balaban J connectivity index is 3.25. The van der Waals surface area contributed by atoms with Crippen molar-refractivity contribution in [3.05, 3.63) is 58.2 Å². The molecule has 22 heavy (non-hydrogen) atoms. The van der Waals surface area contributed by atoms with Crippen LogP contribution < -0.4 is 0 Å². The van der Waals surface area contributed by atoms with Crippen LogP contribution in [0.15, 0.2) is 41.5 Å². The molecule has 0 aliphatic rings. The Hall–Kier alpha value is -2.29. The van der Waals surface area contributed by atoms with Gasteiger partial charge in [0.25, 0.3) is 0 Å². The van der Waals surface area contributed by atoms with E-state index < -0.39 is 5.97 Å². The molecule has 0 fully saturated rings. The fourth-order valence-electron chi connectivity index (χ4n) is 1.98. The smallest absolute Gasteiger partial charge is 0.328 e. The number of carboxylic acids is 1. The Morgan fingerprint density at radius 2 is 1.55 bits per heavy atom. The quantitative estimate of drug-likeness (QED) is 0.600. The second kappa shape index (κ2) is 8.23. The van der Waals surface area contributed by atoms with Crippen LogP contribution in [0.2, 0.25) is 0 Å². The predicted octanol–water partition coefficient (Wildman–Crippen LogP) is 4.51. The van der Waals surface area contributed by atoms with E-state index in [-0.39, 0.29) is 5.75 Å². The van der Waals surface area contributed by atoms with Gasteiger partial charge in [0.05, 0.1) is 0 Å². The summed E-state index contributed by atoms with van der Waals surface area (Å²) in [5, 5.41) is 19.0. The third-order valence-electron chi connectivity index (χ3n) is 3.21. The Bertz CT molecular complexity index is 626. The van der Waals surface area contributed by atoms with Gasteiger partial charge in [-0.1, -0.05) is 23.3 Å². The summed E-state index contributed by atoms with van der Waals surface area (Å²) in [4.78, 5) is 10.8. The molecule has 118 valence electrons. The molecule has 0 heterocycles. The summed E-state index contributed by atoms with van der Waals surface area (Å²) in [5.41, 5.74) is 4.90. The number of phenolic OH excluding ortho intramolecular Hbond substituents is 1. The van der Waals surface area contributed by atoms with Gasteiger partial charge in [0.15, 0.2) is 0 Å². The Morgan fingerprint density at radius 1 is 1.00 bits per heavy atom. The molecule has 1 aromatic carbocycles. The standard InChI is InChI=1S/C19H24O3/c1-13(2)5-7-16-12-18(20)17(8-6-14(3)4)11-15(16)9-10-19(21)22/h5-6,9-12,20H,7-8H2,1-4H3,(H,21,22). The fourth-order valence-corrected chi connectivity index (χ4v) is 1.98. The minimum atomic E-state index is -0.980. The number of carbonyl (C=O) groups is 1. The van der Waals surface area contributed by atoms with Crippen molar-refractivity contribution in [2.45, 2.75) is 40.5 Å². The van der Waals surface area contributed by atoms with E-state index in [2.05, 4.69) is 6.08 Å². The summed E-state index contributed by atoms with van der Waals surface area (Å²) in [6, 6.07) is 3.59. The largest absolute Gasteiger partial charge is 0.508 e. The number of benzene rings is 1. The zero-order valence-electron chi connectivity index (χ0n) is 13.7. The third-order valence-corrected chi connectivity index (χ3v) is 3.21. The molecule has 0 aromatic heterocycles. The Morgan fingerprint density at radius 3 is 2.05 bits per heavy atom. The average Bonchev–Trinajstić information content (AvgIpc) is 2.42. The molecule has 0 atom stereocenters. The van der Waals surface area contributed by atoms with E-state index in [4.69, 9.17) is 5.11 Å². The summed E-state index contributed by atoms with van der Waals surface area (Å²) < 4.78 is 0. The monoisotopic (exact) mass is 300 g/mol. The second-order valence-corrected chi connectivity index (χ2v) is 5.82. The number of rotatable bonds is 6. The number of hydrogen-bond donors (Lipinski definition) is 2. The van der Waals surface area contributed by atoms with Gasteiger partial charge in [-0.2, -0.15) is 0 Å². The molecule has 2 N–H and O–H groups in total. The van der Waals surface area contributed by atoms with Crippen LogP contribution in [0, 0.1) is 0 Å². The van der Waals surface area contributed by atoms with Crippen LogP contribution in [0.25, 0.3) is 6.08 Å². The molecule has 0 bridgehead atoms. The van der Waals surface area contributed by atoms with Gasteiger partial charge in [-0.3, -0.25) is 0 Å². The highest BCUT2D eigenvalue weighted by Crippen LogP contribution is 2.26. The minimum absolute atomic E-state index is 0.252. The van der Waals surface area contributed by atoms with Crippen molar-refractivity contribution in [2.75, 3.05) is 0 Å². The Kier molecular flexibility index (Phi) is 6.64. The van der Waals surface area contributed by atoms with Gasteiger partial charge in [-0.05, 0) is 75.4 Å². The molecule has 3 nitrogen and oxygen atoms in total. The van der Waals surface area contributed by atoms with Crippen molar-refractivity contribution in [1.82, 2.24) is 0 Å². The molecular weight excluding hydrogens is 276 g/mol. The zero-order chi connectivity index (χ0) is 16.7. The SMILES string of the molecule is CC(C)=CCc1cc(C=CC(=O)O)c(CC=C(C)C)cc1O. The van der Waals surface area contributed by atoms with E-state index in [1.54, 1.807) is 12.1 Å². The lowest BCUT2D eigenvalue weighted by atomic mass is 9.97. The van der Waals surface area contributed by atoms with E-state index in [0.29, 0.717) is 12.8 Å². The van der Waals surface area contributed by atoms with Gasteiger partial charge in [0.1, 0.15) is 5.75 Å². The summed E-state index contributed by atoms with van der Waals surface area (Å²) >= 11 is 0. The highest BCUT2D eigenvalue weighted by Gasteiger charge is 2.07. The van der Waals surface area contributed by atoms with Crippen molar-refractivity contribution in [2.24, 2.45) is 0 Å². The molecule has 0 spiro atoms. The summed E-state index contributed by atoms with van der Waals surface area (Å²) in [6.07, 6.45) is 8.10. The van der Waals surface area contributed by atoms with Gasteiger partial charge in [-0.15, -0.1) is 0 Å². The maximum Gasteiger partial charge on any atom is 0.328 e. The molecule has 1 rings (SSSR count). The predicted molar refractivity (Wildman–Crippen MR) is 91.0 cm³/mol. The fraction of sp³-hybridized carbons (Fsp3) is 0.316. The lowest BCUT2D eigenvalue weighted by Crippen LogP contribution is -1.94. The number of allylic oxidation sites excluding steroid dienone is 4. The van der Waals surface area contributed by atoms with Crippen molar-refractivity contribution in [1.29, 1.82) is 0 Å². The second-order valence-electron chi connectivity index (χ2n) is 5.82. The maximum atomic E-state index is 10.8. The number of phenols is 1. The molecule has 0 aliphatic carbocycles. The first-order chi connectivity index (χ1) is 10.3. The van der Waals surface area contributed by atoms with E-state index in [9.17, 15) is 9.90 Å². The molecule has 3 heteroatoms. The van der Waals surface area contributed by atoms with Gasteiger partial charge < -0.3 is 10.2 Å². The first-order valence-corrected chi connectivity index (χ1v) is 7.32. The Labute approximate surface area is 132 Å². The van der Waals surface area contributed by atoms with Crippen molar-refractivity contribution in [3.63, 3.8) is 0 Å². The van der Waals surface area contributed by atoms with E-state index in [1.165, 1.54) is 11.1 Å². The minimum Gasteiger partial charge on any atom is -0.508 e. The van der Waals surface area contributed by atoms with Gasteiger partial charge in [0.2, 0.25) is 0 Å². The van der Waals surface area contributed by atoms with Crippen molar-refractivity contribution < 1.29 is 15.0 Å². The first kappa shape index (κ1) is 17.8. The van der Waals surface area contributed by atoms with Crippen LogP contribution >= 0.6 is 0 Å². The number of aliphatic carboxylic acids is 1. The number of aromatic hydroxyl groups is 1. The number of carboxylic acid groups (broad SMARTS) is 1. The molecule has 1 aromatic rings. The lowest BCUT2D eigenvalue weighted by molar-refractivity contribution is -0.131. The van der Waals surface area contributed by atoms with Crippen LogP contribution in [0.1, 0.15) is 44.4 Å². The summed E-state index contributed by atoms with van der Waals surface area (Å²) in [6.45, 7) is 8.03. The van der Waals surface area contributed by atoms with Gasteiger partial charge in [0, 0.05) is 6.08 Å². The molecule has 0 radical (unpaired) electrons. The average molecular weight is 300 g/mol. The molecule has 0 amide bonds. The molecule has 0 saturated heterocycles. The van der Waals surface area contributed by atoms with Crippen molar-refractivity contribution in [3.8, 4) is 5.75 Å². The molecular formula is C19H24O3. The summed E-state index contributed by atoms with van der Waals surface area (Å²) in [7, 11) is 0. The van der Waals surface area contributed by atoms with Crippen LogP contribution in [0.5, 0.6) is 5.75 Å². The van der Waals surface area contributed by atoms with Crippen LogP contribution in [0.3, 0.4) is 0 Å². The normalized spacial score (nSPS) is 10.5. The van der Waals surface area contributed by atoms with E-state index >= 15 is 0 Å². The molecule has 0 saturated carbocycles. The molecule has 0 unspecified atom stereocenters. The van der Waals surface area contributed by atoms with Gasteiger partial charge in [-0.25, -0.2) is 4.79 Å². The highest BCUT2D eigenvalue weighted by molar-refractivity contribution is 5.85.